The molecule has 8 heteroatoms. The Hall–Kier alpha value is -2.38. The predicted octanol–water partition coefficient (Wildman–Crippen LogP) is 1.90. The molecule has 1 aromatic carbocycles. The molecule has 0 bridgehead atoms. The first-order valence-electron chi connectivity index (χ1n) is 3.33. The Bertz CT molecular complexity index is 416. The van der Waals surface area contributed by atoms with Crippen molar-refractivity contribution < 1.29 is 9.85 Å². The molecule has 0 N–H and O–H groups in total. The minimum absolute atomic E-state index is 0.552. The molecule has 72 valence electrons. The van der Waals surface area contributed by atoms with Crippen molar-refractivity contribution in [2.45, 2.75) is 0 Å². The van der Waals surface area contributed by atoms with Gasteiger partial charge in [0.05, 0.1) is 9.85 Å². The second-order valence-corrected chi connectivity index (χ2v) is 2.25. The Morgan fingerprint density at radius 2 is 1.79 bits per heavy atom. The van der Waals surface area contributed by atoms with E-state index in [1.165, 1.54) is 0 Å². The summed E-state index contributed by atoms with van der Waals surface area (Å²) in [5, 5.41) is 23.1. The molecule has 0 atom stereocenters. The summed E-state index contributed by atoms with van der Waals surface area (Å²) in [6.45, 7) is 0. The first-order chi connectivity index (χ1) is 6.57. The second-order valence-electron chi connectivity index (χ2n) is 2.25. The molecule has 0 unspecified atom stereocenters. The van der Waals surface area contributed by atoms with Crippen LogP contribution in [-0.4, -0.2) is 9.85 Å². The third kappa shape index (κ3) is 1.53. The average molecular weight is 197 g/mol. The number of para-hydroxylation sites is 1. The Labute approximate surface area is 76.4 Å². The summed E-state index contributed by atoms with van der Waals surface area (Å²) in [7, 11) is 0. The Kier molecular flexibility index (Phi) is 2.47. The summed E-state index contributed by atoms with van der Waals surface area (Å²) in [6.07, 6.45) is 0. The van der Waals surface area contributed by atoms with Crippen molar-refractivity contribution in [3.8, 4) is 0 Å². The number of nitrogens with zero attached hydrogens (tertiary/aromatic N) is 3. The monoisotopic (exact) mass is 197 g/mol. The van der Waals surface area contributed by atoms with E-state index in [2.05, 4.69) is 5.18 Å². The lowest BCUT2D eigenvalue weighted by Crippen LogP contribution is -1.96. The summed E-state index contributed by atoms with van der Waals surface area (Å²) in [6, 6.07) is 3.13. The van der Waals surface area contributed by atoms with E-state index in [9.17, 15) is 25.1 Å². The van der Waals surface area contributed by atoms with E-state index in [4.69, 9.17) is 0 Å². The van der Waals surface area contributed by atoms with Gasteiger partial charge in [-0.2, -0.15) is 0 Å². The Morgan fingerprint density at radius 1 is 1.14 bits per heavy atom. The van der Waals surface area contributed by atoms with Crippen LogP contribution in [0, 0.1) is 25.1 Å². The van der Waals surface area contributed by atoms with Crippen LogP contribution >= 0.6 is 0 Å². The summed E-state index contributed by atoms with van der Waals surface area (Å²) in [5.74, 6) is 0. The van der Waals surface area contributed by atoms with Gasteiger partial charge in [0.1, 0.15) is 0 Å². The maximum atomic E-state index is 10.4. The molecule has 0 amide bonds. The van der Waals surface area contributed by atoms with E-state index in [1.54, 1.807) is 0 Å². The molecule has 0 heterocycles. The topological polar surface area (TPSA) is 116 Å². The van der Waals surface area contributed by atoms with Crippen molar-refractivity contribution >= 4 is 17.1 Å². The highest BCUT2D eigenvalue weighted by molar-refractivity contribution is 5.68. The SMILES string of the molecule is O=Nc1cccc([N+](=O)[O-])c1[N+](=O)[O-]. The first kappa shape index (κ1) is 9.71. The maximum absolute atomic E-state index is 10.4. The van der Waals surface area contributed by atoms with Crippen LogP contribution in [-0.2, 0) is 0 Å². The third-order valence-corrected chi connectivity index (χ3v) is 1.47. The van der Waals surface area contributed by atoms with Gasteiger partial charge in [-0.15, -0.1) is 4.91 Å². The molecule has 0 saturated carbocycles. The number of hydrogen-bond donors (Lipinski definition) is 0. The molecule has 1 rings (SSSR count). The highest BCUT2D eigenvalue weighted by Crippen LogP contribution is 2.35. The fourth-order valence-corrected chi connectivity index (χ4v) is 0.928. The summed E-state index contributed by atoms with van der Waals surface area (Å²) in [4.78, 5) is 28.9. The molecule has 8 nitrogen and oxygen atoms in total. The fourth-order valence-electron chi connectivity index (χ4n) is 0.928. The van der Waals surface area contributed by atoms with Crippen LogP contribution in [0.2, 0.25) is 0 Å². The average Bonchev–Trinajstić information content (AvgIpc) is 2.16. The first-order valence-corrected chi connectivity index (χ1v) is 3.33. The van der Waals surface area contributed by atoms with Crippen molar-refractivity contribution in [2.75, 3.05) is 0 Å². The molecule has 0 aliphatic carbocycles. The van der Waals surface area contributed by atoms with Crippen LogP contribution in [0.25, 0.3) is 0 Å². The number of hydrogen-bond acceptors (Lipinski definition) is 6. The molecule has 0 fully saturated rings. The van der Waals surface area contributed by atoms with Crippen LogP contribution in [0.4, 0.5) is 17.1 Å². The minimum atomic E-state index is -1.01. The summed E-state index contributed by atoms with van der Waals surface area (Å²) >= 11 is 0. The molecule has 0 aliphatic rings. The van der Waals surface area contributed by atoms with Crippen LogP contribution < -0.4 is 0 Å². The van der Waals surface area contributed by atoms with Crippen molar-refractivity contribution in [3.05, 3.63) is 43.3 Å². The quantitative estimate of drug-likeness (QED) is 0.416. The lowest BCUT2D eigenvalue weighted by molar-refractivity contribution is -0.421. The van der Waals surface area contributed by atoms with Gasteiger partial charge in [-0.25, -0.2) is 0 Å². The largest absolute Gasteiger partial charge is 0.374 e. The lowest BCUT2D eigenvalue weighted by atomic mass is 10.2. The molecule has 0 radical (unpaired) electrons. The highest BCUT2D eigenvalue weighted by atomic mass is 16.6. The Morgan fingerprint density at radius 3 is 2.21 bits per heavy atom. The zero-order valence-corrected chi connectivity index (χ0v) is 6.61. The van der Waals surface area contributed by atoms with E-state index in [0.29, 0.717) is 0 Å². The standard InChI is InChI=1S/C6H3N3O5/c10-7-4-2-1-3-5(8(11)12)6(4)9(13)14/h1-3H. The number of nitro benzene ring substituents is 2. The lowest BCUT2D eigenvalue weighted by Gasteiger charge is -1.94. The number of benzene rings is 1. The normalized spacial score (nSPS) is 9.43. The molecular formula is C6H3N3O5. The number of nitroso groups, excluding NO2 is 1. The zero-order chi connectivity index (χ0) is 10.7. The van der Waals surface area contributed by atoms with Gasteiger partial charge in [0.15, 0.2) is 5.69 Å². The Balaban J connectivity index is 3.51. The molecule has 1 aromatic rings. The third-order valence-electron chi connectivity index (χ3n) is 1.47. The molecule has 0 aromatic heterocycles. The van der Waals surface area contributed by atoms with Gasteiger partial charge in [-0.1, -0.05) is 6.07 Å². The smallest absolute Gasteiger partial charge is 0.258 e. The summed E-state index contributed by atoms with van der Waals surface area (Å²) in [5.41, 5.74) is -2.18. The van der Waals surface area contributed by atoms with Crippen LogP contribution in [0.3, 0.4) is 0 Å². The molecule has 0 spiro atoms. The second kappa shape index (κ2) is 3.56. The van der Waals surface area contributed by atoms with Gasteiger partial charge in [0.2, 0.25) is 0 Å². The van der Waals surface area contributed by atoms with Gasteiger partial charge < -0.3 is 0 Å². The molecule has 0 aliphatic heterocycles. The predicted molar refractivity (Wildman–Crippen MR) is 45.2 cm³/mol. The number of rotatable bonds is 3. The number of nitro groups is 2. The van der Waals surface area contributed by atoms with Crippen molar-refractivity contribution in [1.29, 1.82) is 0 Å². The van der Waals surface area contributed by atoms with Gasteiger partial charge in [0, 0.05) is 6.07 Å². The van der Waals surface area contributed by atoms with Gasteiger partial charge >= 0.3 is 11.4 Å². The van der Waals surface area contributed by atoms with E-state index in [0.717, 1.165) is 18.2 Å². The molecule has 14 heavy (non-hydrogen) atoms. The van der Waals surface area contributed by atoms with Gasteiger partial charge in [-0.3, -0.25) is 20.2 Å². The fraction of sp³-hybridized carbons (Fsp3) is 0. The van der Waals surface area contributed by atoms with Crippen LogP contribution in [0.5, 0.6) is 0 Å². The van der Waals surface area contributed by atoms with E-state index < -0.39 is 26.9 Å². The van der Waals surface area contributed by atoms with Crippen LogP contribution in [0.1, 0.15) is 0 Å². The molecule has 0 saturated heterocycles. The highest BCUT2D eigenvalue weighted by Gasteiger charge is 2.28. The van der Waals surface area contributed by atoms with E-state index in [-0.39, 0.29) is 0 Å². The van der Waals surface area contributed by atoms with E-state index in [1.807, 2.05) is 0 Å². The van der Waals surface area contributed by atoms with Crippen molar-refractivity contribution in [3.63, 3.8) is 0 Å². The van der Waals surface area contributed by atoms with Gasteiger partial charge in [0.25, 0.3) is 0 Å². The van der Waals surface area contributed by atoms with E-state index >= 15 is 0 Å². The van der Waals surface area contributed by atoms with Crippen molar-refractivity contribution in [2.24, 2.45) is 5.18 Å². The van der Waals surface area contributed by atoms with Crippen molar-refractivity contribution in [1.82, 2.24) is 0 Å². The maximum Gasteiger partial charge on any atom is 0.374 e. The minimum Gasteiger partial charge on any atom is -0.258 e. The van der Waals surface area contributed by atoms with Gasteiger partial charge in [-0.05, 0) is 11.2 Å². The molecular weight excluding hydrogens is 194 g/mol. The van der Waals surface area contributed by atoms with Crippen LogP contribution in [0.15, 0.2) is 23.4 Å². The zero-order valence-electron chi connectivity index (χ0n) is 6.61. The summed E-state index contributed by atoms with van der Waals surface area (Å²) < 4.78 is 0.